The number of rotatable bonds is 6. The fraction of sp³-hybridized carbons (Fsp3) is 0.138. The van der Waals surface area contributed by atoms with Gasteiger partial charge in [-0.25, -0.2) is 13.9 Å². The van der Waals surface area contributed by atoms with Gasteiger partial charge in [0.1, 0.15) is 29.4 Å². The molecule has 0 saturated carbocycles. The van der Waals surface area contributed by atoms with E-state index in [1.165, 1.54) is 30.7 Å². The van der Waals surface area contributed by atoms with E-state index >= 15 is 0 Å². The Kier molecular flexibility index (Phi) is 6.99. The maximum atomic E-state index is 14.9. The third-order valence-electron chi connectivity index (χ3n) is 5.84. The van der Waals surface area contributed by atoms with E-state index in [2.05, 4.69) is 31.9 Å². The number of anilines is 2. The Morgan fingerprint density at radius 1 is 1.05 bits per heavy atom. The molecule has 10 nitrogen and oxygen atoms in total. The van der Waals surface area contributed by atoms with Crippen LogP contribution in [-0.2, 0) is 5.41 Å². The van der Waals surface area contributed by atoms with Gasteiger partial charge in [0.2, 0.25) is 0 Å². The number of urea groups is 1. The zero-order valence-corrected chi connectivity index (χ0v) is 21.8. The topological polar surface area (TPSA) is 131 Å². The van der Waals surface area contributed by atoms with Crippen molar-refractivity contribution in [2.24, 2.45) is 0 Å². The van der Waals surface area contributed by atoms with Crippen LogP contribution in [-0.4, -0.2) is 26.0 Å². The average Bonchev–Trinajstić information content (AvgIpc) is 3.61. The second kappa shape index (κ2) is 10.7. The van der Waals surface area contributed by atoms with Crippen LogP contribution in [0.4, 0.5) is 20.7 Å². The quantitative estimate of drug-likeness (QED) is 0.247. The molecular weight excluding hydrogens is 513 g/mol. The van der Waals surface area contributed by atoms with E-state index in [0.717, 1.165) is 5.69 Å². The molecule has 0 saturated heterocycles. The smallest absolute Gasteiger partial charge is 0.324 e. The van der Waals surface area contributed by atoms with Crippen LogP contribution in [0.2, 0.25) is 0 Å². The van der Waals surface area contributed by atoms with Gasteiger partial charge in [-0.3, -0.25) is 10.3 Å². The minimum Gasteiger partial charge on any atom is -0.457 e. The van der Waals surface area contributed by atoms with Gasteiger partial charge in [0.15, 0.2) is 0 Å². The van der Waals surface area contributed by atoms with Crippen molar-refractivity contribution in [3.63, 3.8) is 0 Å². The van der Waals surface area contributed by atoms with E-state index in [0.29, 0.717) is 34.1 Å². The lowest BCUT2D eigenvalue weighted by atomic mass is 9.92. The molecule has 0 unspecified atom stereocenters. The SMILES string of the molecule is CC(C)(C)c1cc(NC(=O)Nc2ccc(Oc3ccnc(-c4cnoc4)c3)cc2F)n(-c2ccc(C#N)cc2)n1. The first-order valence-electron chi connectivity index (χ1n) is 12.2. The second-order valence-electron chi connectivity index (χ2n) is 9.85. The number of hydrogen-bond donors (Lipinski definition) is 2. The molecule has 0 atom stereocenters. The molecular formula is C29H24FN7O3. The number of nitriles is 1. The first-order valence-corrected chi connectivity index (χ1v) is 12.2. The molecule has 3 heterocycles. The van der Waals surface area contributed by atoms with E-state index in [1.54, 1.807) is 53.3 Å². The Bertz CT molecular complexity index is 1700. The summed E-state index contributed by atoms with van der Waals surface area (Å²) in [5.41, 5.74) is 2.83. The number of pyridine rings is 1. The molecule has 0 aliphatic carbocycles. The number of amides is 2. The van der Waals surface area contributed by atoms with Crippen LogP contribution in [0.15, 0.2) is 83.8 Å². The van der Waals surface area contributed by atoms with Crippen LogP contribution in [0, 0.1) is 17.1 Å². The van der Waals surface area contributed by atoms with E-state index in [9.17, 15) is 9.18 Å². The molecule has 0 fully saturated rings. The van der Waals surface area contributed by atoms with Gasteiger partial charge in [0.05, 0.1) is 46.2 Å². The van der Waals surface area contributed by atoms with Crippen molar-refractivity contribution in [1.29, 1.82) is 5.26 Å². The molecule has 2 amide bonds. The Labute approximate surface area is 229 Å². The number of halogens is 1. The van der Waals surface area contributed by atoms with Crippen molar-refractivity contribution < 1.29 is 18.4 Å². The normalized spacial score (nSPS) is 11.1. The number of carbonyl (C=O) groups excluding carboxylic acids is 1. The molecule has 3 aromatic heterocycles. The molecule has 5 rings (SSSR count). The lowest BCUT2D eigenvalue weighted by Crippen LogP contribution is -2.22. The molecule has 0 spiro atoms. The number of aromatic nitrogens is 4. The van der Waals surface area contributed by atoms with Crippen molar-refractivity contribution in [2.75, 3.05) is 10.6 Å². The summed E-state index contributed by atoms with van der Waals surface area (Å²) in [6.45, 7) is 6.01. The van der Waals surface area contributed by atoms with Gasteiger partial charge in [-0.05, 0) is 42.5 Å². The van der Waals surface area contributed by atoms with Crippen molar-refractivity contribution in [3.05, 3.63) is 96.4 Å². The van der Waals surface area contributed by atoms with Gasteiger partial charge < -0.3 is 14.6 Å². The third-order valence-corrected chi connectivity index (χ3v) is 5.84. The molecule has 0 radical (unpaired) electrons. The monoisotopic (exact) mass is 537 g/mol. The predicted octanol–water partition coefficient (Wildman–Crippen LogP) is 6.67. The number of carbonyl (C=O) groups is 1. The summed E-state index contributed by atoms with van der Waals surface area (Å²) < 4.78 is 27.1. The van der Waals surface area contributed by atoms with E-state index < -0.39 is 11.8 Å². The van der Waals surface area contributed by atoms with Crippen LogP contribution in [0.1, 0.15) is 32.0 Å². The van der Waals surface area contributed by atoms with Crippen molar-refractivity contribution in [3.8, 4) is 34.5 Å². The van der Waals surface area contributed by atoms with E-state index in [-0.39, 0.29) is 16.9 Å². The van der Waals surface area contributed by atoms with Crippen LogP contribution < -0.4 is 15.4 Å². The zero-order valence-electron chi connectivity index (χ0n) is 21.8. The summed E-state index contributed by atoms with van der Waals surface area (Å²) in [6.07, 6.45) is 4.54. The second-order valence-corrected chi connectivity index (χ2v) is 9.85. The number of hydrogen-bond acceptors (Lipinski definition) is 7. The Morgan fingerprint density at radius 3 is 2.50 bits per heavy atom. The average molecular weight is 538 g/mol. The highest BCUT2D eigenvalue weighted by atomic mass is 19.1. The van der Waals surface area contributed by atoms with Crippen molar-refractivity contribution >= 4 is 17.5 Å². The number of nitrogens with zero attached hydrogens (tertiary/aromatic N) is 5. The number of ether oxygens (including phenoxy) is 1. The van der Waals surface area contributed by atoms with Crippen LogP contribution in [0.5, 0.6) is 11.5 Å². The summed E-state index contributed by atoms with van der Waals surface area (Å²) >= 11 is 0. The minimum absolute atomic E-state index is 0.0368. The summed E-state index contributed by atoms with van der Waals surface area (Å²) in [6, 6.07) is 17.4. The maximum absolute atomic E-state index is 14.9. The zero-order chi connectivity index (χ0) is 28.3. The van der Waals surface area contributed by atoms with E-state index in [4.69, 9.17) is 14.5 Å². The van der Waals surface area contributed by atoms with Gasteiger partial charge in [-0.15, -0.1) is 0 Å². The largest absolute Gasteiger partial charge is 0.457 e. The molecule has 2 N–H and O–H groups in total. The summed E-state index contributed by atoms with van der Waals surface area (Å²) in [4.78, 5) is 17.1. The van der Waals surface area contributed by atoms with Crippen LogP contribution in [0.3, 0.4) is 0 Å². The molecule has 40 heavy (non-hydrogen) atoms. The van der Waals surface area contributed by atoms with Gasteiger partial charge in [-0.1, -0.05) is 25.9 Å². The summed E-state index contributed by atoms with van der Waals surface area (Å²) in [7, 11) is 0. The van der Waals surface area contributed by atoms with E-state index in [1.807, 2.05) is 20.8 Å². The first kappa shape index (κ1) is 26.1. The highest BCUT2D eigenvalue weighted by molar-refractivity contribution is 5.99. The Balaban J connectivity index is 1.31. The molecule has 200 valence electrons. The van der Waals surface area contributed by atoms with Gasteiger partial charge in [0, 0.05) is 29.8 Å². The van der Waals surface area contributed by atoms with Crippen LogP contribution in [0.25, 0.3) is 16.9 Å². The number of nitrogens with one attached hydrogen (secondary N) is 2. The Morgan fingerprint density at radius 2 is 1.82 bits per heavy atom. The molecule has 2 aromatic carbocycles. The Hall–Kier alpha value is -5.50. The predicted molar refractivity (Wildman–Crippen MR) is 146 cm³/mol. The minimum atomic E-state index is -0.683. The fourth-order valence-electron chi connectivity index (χ4n) is 3.74. The summed E-state index contributed by atoms with van der Waals surface area (Å²) in [5, 5.41) is 22.7. The van der Waals surface area contributed by atoms with Crippen molar-refractivity contribution in [1.82, 2.24) is 19.9 Å². The first-order chi connectivity index (χ1) is 19.2. The maximum Gasteiger partial charge on any atom is 0.324 e. The standard InChI is InChI=1S/C29H24FN7O3/c1-29(2,3)26-14-27(37(36-26)20-6-4-18(15-31)5-7-20)35-28(38)34-24-9-8-21(12-23(24)30)40-22-10-11-32-25(13-22)19-16-33-39-17-19/h4-14,16-17H,1-3H3,(H2,34,35,38). The molecule has 0 bridgehead atoms. The highest BCUT2D eigenvalue weighted by Gasteiger charge is 2.22. The summed E-state index contributed by atoms with van der Waals surface area (Å²) in [5.74, 6) is 0.375. The fourth-order valence-corrected chi connectivity index (χ4v) is 3.74. The highest BCUT2D eigenvalue weighted by Crippen LogP contribution is 2.29. The van der Waals surface area contributed by atoms with Gasteiger partial charge in [-0.2, -0.15) is 10.4 Å². The number of benzene rings is 2. The van der Waals surface area contributed by atoms with Crippen molar-refractivity contribution in [2.45, 2.75) is 26.2 Å². The lowest BCUT2D eigenvalue weighted by Gasteiger charge is -2.14. The van der Waals surface area contributed by atoms with Gasteiger partial charge in [0.25, 0.3) is 0 Å². The van der Waals surface area contributed by atoms with Gasteiger partial charge >= 0.3 is 6.03 Å². The van der Waals surface area contributed by atoms with Crippen LogP contribution >= 0.6 is 0 Å². The molecule has 0 aliphatic rings. The lowest BCUT2D eigenvalue weighted by molar-refractivity contribution is 0.262. The molecule has 0 aliphatic heterocycles. The molecule has 5 aromatic rings. The molecule has 11 heteroatoms. The third kappa shape index (κ3) is 5.81.